The van der Waals surface area contributed by atoms with Gasteiger partial charge >= 0.3 is 0 Å². The minimum absolute atomic E-state index is 0.175. The van der Waals surface area contributed by atoms with Crippen molar-refractivity contribution >= 4 is 5.57 Å². The van der Waals surface area contributed by atoms with E-state index in [-0.39, 0.29) is 5.82 Å². The maximum atomic E-state index is 13.5. The summed E-state index contributed by atoms with van der Waals surface area (Å²) in [4.78, 5) is 0. The topological polar surface area (TPSA) is 9.23 Å². The van der Waals surface area contributed by atoms with Crippen molar-refractivity contribution in [3.05, 3.63) is 76.8 Å². The lowest BCUT2D eigenvalue weighted by atomic mass is 9.99. The van der Waals surface area contributed by atoms with E-state index in [1.807, 2.05) is 31.4 Å². The number of fused-ring (bicyclic) bond motifs is 2. The molecule has 0 bridgehead atoms. The number of allylic oxidation sites excluding steroid dienone is 1. The largest absolute Gasteiger partial charge is 0.501 e. The quantitative estimate of drug-likeness (QED) is 0.736. The molecule has 0 heterocycles. The molecule has 0 aliphatic heterocycles. The van der Waals surface area contributed by atoms with Gasteiger partial charge in [-0.1, -0.05) is 30.3 Å². The Hall–Kier alpha value is -2.09. The lowest BCUT2D eigenvalue weighted by molar-refractivity contribution is 0.270. The van der Waals surface area contributed by atoms with Gasteiger partial charge < -0.3 is 4.74 Å². The van der Waals surface area contributed by atoms with Crippen LogP contribution in [-0.4, -0.2) is 6.61 Å². The molecule has 0 amide bonds. The maximum Gasteiger partial charge on any atom is 0.123 e. The summed E-state index contributed by atoms with van der Waals surface area (Å²) in [5, 5.41) is 0. The van der Waals surface area contributed by atoms with Gasteiger partial charge in [-0.25, -0.2) is 4.39 Å². The zero-order valence-electron chi connectivity index (χ0n) is 11.5. The van der Waals surface area contributed by atoms with Gasteiger partial charge in [-0.15, -0.1) is 0 Å². The highest BCUT2D eigenvalue weighted by molar-refractivity contribution is 5.72. The standard InChI is InChI=1S/C18H17FO/c1-2-20-12-16-10-15-11-17(19)8-7-13(15)9-14-5-3-4-6-18(14)16/h3-8,11-12H,2,9-10H2,1H3/b16-12+. The van der Waals surface area contributed by atoms with Crippen LogP contribution in [0.3, 0.4) is 0 Å². The Morgan fingerprint density at radius 3 is 2.75 bits per heavy atom. The number of benzene rings is 2. The van der Waals surface area contributed by atoms with Crippen molar-refractivity contribution in [2.24, 2.45) is 0 Å². The fourth-order valence-corrected chi connectivity index (χ4v) is 2.71. The fourth-order valence-electron chi connectivity index (χ4n) is 2.71. The summed E-state index contributed by atoms with van der Waals surface area (Å²) in [7, 11) is 0. The molecule has 20 heavy (non-hydrogen) atoms. The summed E-state index contributed by atoms with van der Waals surface area (Å²) in [5.41, 5.74) is 5.83. The Morgan fingerprint density at radius 1 is 1.05 bits per heavy atom. The van der Waals surface area contributed by atoms with E-state index in [0.29, 0.717) is 13.0 Å². The first-order valence-corrected chi connectivity index (χ1v) is 6.94. The molecule has 2 heteroatoms. The number of halogens is 1. The van der Waals surface area contributed by atoms with Crippen molar-refractivity contribution in [1.82, 2.24) is 0 Å². The highest BCUT2D eigenvalue weighted by Gasteiger charge is 2.17. The van der Waals surface area contributed by atoms with Gasteiger partial charge in [0.05, 0.1) is 12.9 Å². The molecule has 1 aliphatic rings. The van der Waals surface area contributed by atoms with Crippen LogP contribution in [0.1, 0.15) is 29.2 Å². The summed E-state index contributed by atoms with van der Waals surface area (Å²) in [5.74, 6) is -0.175. The Labute approximate surface area is 118 Å². The molecule has 0 saturated heterocycles. The lowest BCUT2D eigenvalue weighted by Crippen LogP contribution is -1.94. The van der Waals surface area contributed by atoms with E-state index in [9.17, 15) is 4.39 Å². The van der Waals surface area contributed by atoms with E-state index in [0.717, 1.165) is 17.6 Å². The van der Waals surface area contributed by atoms with E-state index in [1.54, 1.807) is 12.1 Å². The molecule has 2 aromatic rings. The molecule has 102 valence electrons. The number of rotatable bonds is 2. The molecule has 0 aromatic heterocycles. The number of hydrogen-bond acceptors (Lipinski definition) is 1. The van der Waals surface area contributed by atoms with Gasteiger partial charge in [0.1, 0.15) is 5.82 Å². The summed E-state index contributed by atoms with van der Waals surface area (Å²) in [6, 6.07) is 13.4. The van der Waals surface area contributed by atoms with Gasteiger partial charge in [0.2, 0.25) is 0 Å². The zero-order chi connectivity index (χ0) is 13.9. The van der Waals surface area contributed by atoms with Crippen LogP contribution in [0.25, 0.3) is 5.57 Å². The van der Waals surface area contributed by atoms with E-state index in [2.05, 4.69) is 12.1 Å². The predicted molar refractivity (Wildman–Crippen MR) is 79.0 cm³/mol. The second-order valence-electron chi connectivity index (χ2n) is 5.02. The first kappa shape index (κ1) is 12.9. The van der Waals surface area contributed by atoms with Crippen LogP contribution in [0.15, 0.2) is 48.7 Å². The van der Waals surface area contributed by atoms with Crippen molar-refractivity contribution in [3.8, 4) is 0 Å². The molecular formula is C18H17FO. The maximum absolute atomic E-state index is 13.5. The molecule has 0 atom stereocenters. The highest BCUT2D eigenvalue weighted by Crippen LogP contribution is 2.31. The molecule has 0 spiro atoms. The fraction of sp³-hybridized carbons (Fsp3) is 0.222. The Bertz CT molecular complexity index is 658. The van der Waals surface area contributed by atoms with Crippen molar-refractivity contribution in [3.63, 3.8) is 0 Å². The van der Waals surface area contributed by atoms with Crippen molar-refractivity contribution in [1.29, 1.82) is 0 Å². The molecule has 1 aliphatic carbocycles. The SMILES string of the molecule is CCO/C=C1\Cc2cc(F)ccc2Cc2ccccc21. The number of ether oxygens (including phenoxy) is 1. The molecule has 0 N–H and O–H groups in total. The zero-order valence-corrected chi connectivity index (χ0v) is 11.5. The van der Waals surface area contributed by atoms with Gasteiger partial charge in [0, 0.05) is 6.42 Å². The third kappa shape index (κ3) is 2.46. The van der Waals surface area contributed by atoms with Crippen LogP contribution in [0.4, 0.5) is 4.39 Å². The Balaban J connectivity index is 2.12. The molecule has 3 rings (SSSR count). The van der Waals surface area contributed by atoms with Crippen LogP contribution in [-0.2, 0) is 17.6 Å². The molecule has 0 fully saturated rings. The van der Waals surface area contributed by atoms with Gasteiger partial charge in [-0.3, -0.25) is 0 Å². The monoisotopic (exact) mass is 268 g/mol. The summed E-state index contributed by atoms with van der Waals surface area (Å²) < 4.78 is 19.0. The summed E-state index contributed by atoms with van der Waals surface area (Å²) >= 11 is 0. The van der Waals surface area contributed by atoms with Crippen molar-refractivity contribution < 1.29 is 9.13 Å². The van der Waals surface area contributed by atoms with Gasteiger partial charge in [-0.2, -0.15) is 0 Å². The van der Waals surface area contributed by atoms with E-state index >= 15 is 0 Å². The molecule has 0 radical (unpaired) electrons. The normalized spacial score (nSPS) is 15.4. The molecule has 0 saturated carbocycles. The van der Waals surface area contributed by atoms with E-state index in [1.165, 1.54) is 16.7 Å². The third-order valence-electron chi connectivity index (χ3n) is 3.69. The van der Waals surface area contributed by atoms with Gasteiger partial charge in [0.25, 0.3) is 0 Å². The van der Waals surface area contributed by atoms with Gasteiger partial charge in [0.15, 0.2) is 0 Å². The number of hydrogen-bond donors (Lipinski definition) is 0. The Morgan fingerprint density at radius 2 is 1.90 bits per heavy atom. The van der Waals surface area contributed by atoms with Gasteiger partial charge in [-0.05, 0) is 53.3 Å². The molecule has 0 unspecified atom stereocenters. The lowest BCUT2D eigenvalue weighted by Gasteiger charge is -2.09. The van der Waals surface area contributed by atoms with Crippen LogP contribution < -0.4 is 0 Å². The Kier molecular flexibility index (Phi) is 3.55. The van der Waals surface area contributed by atoms with Crippen LogP contribution in [0.5, 0.6) is 0 Å². The second kappa shape index (κ2) is 5.49. The summed E-state index contributed by atoms with van der Waals surface area (Å²) in [6.07, 6.45) is 3.37. The minimum atomic E-state index is -0.175. The van der Waals surface area contributed by atoms with Crippen molar-refractivity contribution in [2.75, 3.05) is 6.61 Å². The third-order valence-corrected chi connectivity index (χ3v) is 3.69. The van der Waals surface area contributed by atoms with Crippen molar-refractivity contribution in [2.45, 2.75) is 19.8 Å². The van der Waals surface area contributed by atoms with E-state index < -0.39 is 0 Å². The smallest absolute Gasteiger partial charge is 0.123 e. The molecule has 2 aromatic carbocycles. The van der Waals surface area contributed by atoms with Crippen LogP contribution >= 0.6 is 0 Å². The highest BCUT2D eigenvalue weighted by atomic mass is 19.1. The molecular weight excluding hydrogens is 251 g/mol. The van der Waals surface area contributed by atoms with Crippen LogP contribution in [0, 0.1) is 5.82 Å². The first-order chi connectivity index (χ1) is 9.78. The minimum Gasteiger partial charge on any atom is -0.501 e. The predicted octanol–water partition coefficient (Wildman–Crippen LogP) is 4.35. The second-order valence-corrected chi connectivity index (χ2v) is 5.02. The average Bonchev–Trinajstić information content (AvgIpc) is 2.61. The first-order valence-electron chi connectivity index (χ1n) is 6.94. The average molecular weight is 268 g/mol. The molecule has 1 nitrogen and oxygen atoms in total. The summed E-state index contributed by atoms with van der Waals surface area (Å²) in [6.45, 7) is 2.61. The van der Waals surface area contributed by atoms with E-state index in [4.69, 9.17) is 4.74 Å². The van der Waals surface area contributed by atoms with Crippen LogP contribution in [0.2, 0.25) is 0 Å².